The Bertz CT molecular complexity index is 409. The molecule has 20 heavy (non-hydrogen) atoms. The van der Waals surface area contributed by atoms with E-state index in [0.717, 1.165) is 31.9 Å². The van der Waals surface area contributed by atoms with Gasteiger partial charge < -0.3 is 9.88 Å². The van der Waals surface area contributed by atoms with Gasteiger partial charge in [-0.25, -0.2) is 0 Å². The first-order valence-corrected chi connectivity index (χ1v) is 7.65. The van der Waals surface area contributed by atoms with Crippen molar-refractivity contribution in [3.05, 3.63) is 12.2 Å². The first-order chi connectivity index (χ1) is 9.79. The molecular formula is C14H25N5O. The number of aryl methyl sites for hydroxylation is 1. The Kier molecular flexibility index (Phi) is 5.98. The van der Waals surface area contributed by atoms with Gasteiger partial charge in [0, 0.05) is 6.54 Å². The minimum Gasteiger partial charge on any atom is -0.348 e. The molecule has 2 heterocycles. The fraction of sp³-hybridized carbons (Fsp3) is 0.786. The lowest BCUT2D eigenvalue weighted by Gasteiger charge is -2.18. The van der Waals surface area contributed by atoms with Crippen LogP contribution in [0, 0.1) is 0 Å². The largest absolute Gasteiger partial charge is 0.348 e. The number of amides is 1. The maximum absolute atomic E-state index is 12.0. The van der Waals surface area contributed by atoms with Crippen LogP contribution in [0.4, 0.5) is 0 Å². The van der Waals surface area contributed by atoms with Gasteiger partial charge in [-0.2, -0.15) is 0 Å². The van der Waals surface area contributed by atoms with Crippen LogP contribution in [0.2, 0.25) is 0 Å². The molecule has 2 rings (SSSR count). The molecule has 0 aromatic carbocycles. The SMILES string of the molecule is CCCn1cnnc1CNC(=O)CN1CCCCCC1. The van der Waals surface area contributed by atoms with Crippen molar-refractivity contribution in [3.8, 4) is 0 Å². The Morgan fingerprint density at radius 3 is 2.75 bits per heavy atom. The van der Waals surface area contributed by atoms with Gasteiger partial charge in [0.15, 0.2) is 5.82 Å². The topological polar surface area (TPSA) is 63.1 Å². The Morgan fingerprint density at radius 1 is 1.30 bits per heavy atom. The van der Waals surface area contributed by atoms with Crippen LogP contribution in [0.3, 0.4) is 0 Å². The van der Waals surface area contributed by atoms with Crippen molar-refractivity contribution in [1.82, 2.24) is 25.0 Å². The van der Waals surface area contributed by atoms with E-state index in [1.807, 2.05) is 4.57 Å². The predicted octanol–water partition coefficient (Wildman–Crippen LogP) is 1.18. The Morgan fingerprint density at radius 2 is 2.05 bits per heavy atom. The van der Waals surface area contributed by atoms with Gasteiger partial charge in [0.2, 0.25) is 5.91 Å². The zero-order chi connectivity index (χ0) is 14.2. The van der Waals surface area contributed by atoms with Gasteiger partial charge in [0.05, 0.1) is 13.1 Å². The van der Waals surface area contributed by atoms with Gasteiger partial charge in [-0.15, -0.1) is 10.2 Å². The molecule has 1 amide bonds. The number of rotatable bonds is 6. The summed E-state index contributed by atoms with van der Waals surface area (Å²) in [6.07, 6.45) is 7.75. The Hall–Kier alpha value is -1.43. The number of hydrogen-bond donors (Lipinski definition) is 1. The third-order valence-corrected chi connectivity index (χ3v) is 3.67. The Balaban J connectivity index is 1.75. The molecule has 6 nitrogen and oxygen atoms in total. The van der Waals surface area contributed by atoms with Crippen molar-refractivity contribution in [2.45, 2.75) is 52.1 Å². The second-order valence-electron chi connectivity index (χ2n) is 5.41. The van der Waals surface area contributed by atoms with Crippen molar-refractivity contribution in [3.63, 3.8) is 0 Å². The molecule has 0 unspecified atom stereocenters. The quantitative estimate of drug-likeness (QED) is 0.849. The molecular weight excluding hydrogens is 254 g/mol. The summed E-state index contributed by atoms with van der Waals surface area (Å²) in [5, 5.41) is 10.9. The highest BCUT2D eigenvalue weighted by molar-refractivity contribution is 5.77. The van der Waals surface area contributed by atoms with Crippen molar-refractivity contribution >= 4 is 5.91 Å². The molecule has 0 aliphatic carbocycles. The van der Waals surface area contributed by atoms with E-state index in [2.05, 4.69) is 27.3 Å². The smallest absolute Gasteiger partial charge is 0.234 e. The third-order valence-electron chi connectivity index (χ3n) is 3.67. The minimum atomic E-state index is 0.0814. The maximum atomic E-state index is 12.0. The van der Waals surface area contributed by atoms with Crippen LogP contribution in [0.25, 0.3) is 0 Å². The minimum absolute atomic E-state index is 0.0814. The lowest BCUT2D eigenvalue weighted by molar-refractivity contribution is -0.122. The van der Waals surface area contributed by atoms with E-state index < -0.39 is 0 Å². The molecule has 0 saturated carbocycles. The van der Waals surface area contributed by atoms with Crippen molar-refractivity contribution in [2.24, 2.45) is 0 Å². The molecule has 0 spiro atoms. The molecule has 1 saturated heterocycles. The van der Waals surface area contributed by atoms with Crippen LogP contribution in [0.5, 0.6) is 0 Å². The molecule has 1 fully saturated rings. The van der Waals surface area contributed by atoms with E-state index in [-0.39, 0.29) is 5.91 Å². The predicted molar refractivity (Wildman–Crippen MR) is 77.1 cm³/mol. The summed E-state index contributed by atoms with van der Waals surface area (Å²) in [5.41, 5.74) is 0. The summed E-state index contributed by atoms with van der Waals surface area (Å²) < 4.78 is 1.99. The van der Waals surface area contributed by atoms with Gasteiger partial charge in [-0.3, -0.25) is 9.69 Å². The molecule has 1 aromatic heterocycles. The molecule has 1 aliphatic rings. The molecule has 1 aliphatic heterocycles. The molecule has 1 aromatic rings. The molecule has 0 atom stereocenters. The third kappa shape index (κ3) is 4.59. The van der Waals surface area contributed by atoms with E-state index in [1.165, 1.54) is 25.7 Å². The van der Waals surface area contributed by atoms with Crippen LogP contribution in [-0.4, -0.2) is 45.2 Å². The highest BCUT2D eigenvalue weighted by atomic mass is 16.2. The number of aromatic nitrogens is 3. The highest BCUT2D eigenvalue weighted by Gasteiger charge is 2.13. The molecule has 6 heteroatoms. The molecule has 0 bridgehead atoms. The number of nitrogens with one attached hydrogen (secondary N) is 1. The van der Waals surface area contributed by atoms with E-state index in [4.69, 9.17) is 0 Å². The maximum Gasteiger partial charge on any atom is 0.234 e. The highest BCUT2D eigenvalue weighted by Crippen LogP contribution is 2.08. The lowest BCUT2D eigenvalue weighted by Crippen LogP contribution is -2.37. The summed E-state index contributed by atoms with van der Waals surface area (Å²) in [4.78, 5) is 14.2. The van der Waals surface area contributed by atoms with E-state index in [9.17, 15) is 4.79 Å². The van der Waals surface area contributed by atoms with Gasteiger partial charge in [0.1, 0.15) is 6.33 Å². The van der Waals surface area contributed by atoms with E-state index >= 15 is 0 Å². The zero-order valence-electron chi connectivity index (χ0n) is 12.3. The average molecular weight is 279 g/mol. The van der Waals surface area contributed by atoms with Crippen LogP contribution in [0.15, 0.2) is 6.33 Å². The second kappa shape index (κ2) is 7.99. The van der Waals surface area contributed by atoms with Crippen LogP contribution >= 0.6 is 0 Å². The van der Waals surface area contributed by atoms with Crippen LogP contribution in [-0.2, 0) is 17.9 Å². The lowest BCUT2D eigenvalue weighted by atomic mass is 10.2. The number of hydrogen-bond acceptors (Lipinski definition) is 4. The average Bonchev–Trinajstić information content (AvgIpc) is 2.71. The second-order valence-corrected chi connectivity index (χ2v) is 5.41. The monoisotopic (exact) mass is 279 g/mol. The normalized spacial score (nSPS) is 16.9. The number of carbonyl (C=O) groups is 1. The summed E-state index contributed by atoms with van der Waals surface area (Å²) >= 11 is 0. The van der Waals surface area contributed by atoms with Crippen molar-refractivity contribution in [1.29, 1.82) is 0 Å². The molecule has 112 valence electrons. The first kappa shape index (κ1) is 15.0. The van der Waals surface area contributed by atoms with Crippen molar-refractivity contribution < 1.29 is 4.79 Å². The zero-order valence-corrected chi connectivity index (χ0v) is 12.3. The van der Waals surface area contributed by atoms with Gasteiger partial charge >= 0.3 is 0 Å². The number of carbonyl (C=O) groups excluding carboxylic acids is 1. The molecule has 1 N–H and O–H groups in total. The van der Waals surface area contributed by atoms with Gasteiger partial charge in [-0.1, -0.05) is 19.8 Å². The summed E-state index contributed by atoms with van der Waals surface area (Å²) in [6, 6.07) is 0. The fourth-order valence-corrected chi connectivity index (χ4v) is 2.57. The molecule has 0 radical (unpaired) electrons. The Labute approximate surface area is 120 Å². The number of nitrogens with zero attached hydrogens (tertiary/aromatic N) is 4. The van der Waals surface area contributed by atoms with Crippen LogP contribution < -0.4 is 5.32 Å². The summed E-state index contributed by atoms with van der Waals surface area (Å²) in [7, 11) is 0. The number of likely N-dealkylation sites (tertiary alicyclic amines) is 1. The van der Waals surface area contributed by atoms with E-state index in [0.29, 0.717) is 13.1 Å². The standard InChI is InChI=1S/C14H25N5O/c1-2-7-19-12-16-17-13(19)10-15-14(20)11-18-8-5-3-4-6-9-18/h12H,2-11H2,1H3,(H,15,20). The van der Waals surface area contributed by atoms with Gasteiger partial charge in [-0.05, 0) is 32.4 Å². The van der Waals surface area contributed by atoms with Gasteiger partial charge in [0.25, 0.3) is 0 Å². The first-order valence-electron chi connectivity index (χ1n) is 7.65. The van der Waals surface area contributed by atoms with E-state index in [1.54, 1.807) is 6.33 Å². The fourth-order valence-electron chi connectivity index (χ4n) is 2.57. The summed E-state index contributed by atoms with van der Waals surface area (Å²) in [6.45, 7) is 6.06. The van der Waals surface area contributed by atoms with Crippen molar-refractivity contribution in [2.75, 3.05) is 19.6 Å². The van der Waals surface area contributed by atoms with Crippen LogP contribution in [0.1, 0.15) is 44.9 Å². The summed E-state index contributed by atoms with van der Waals surface area (Å²) in [5.74, 6) is 0.911.